The Morgan fingerprint density at radius 3 is 2.88 bits per heavy atom. The average molecular weight is 241 g/mol. The third-order valence-corrected chi connectivity index (χ3v) is 2.67. The SMILES string of the molecule is CNCCc1c(F)c(OC)cc2c1OCCO2. The number of ether oxygens (including phenoxy) is 3. The van der Waals surface area contributed by atoms with E-state index in [-0.39, 0.29) is 11.6 Å². The van der Waals surface area contributed by atoms with Gasteiger partial charge in [0.05, 0.1) is 7.11 Å². The van der Waals surface area contributed by atoms with E-state index in [2.05, 4.69) is 5.32 Å². The van der Waals surface area contributed by atoms with Crippen LogP contribution in [0.3, 0.4) is 0 Å². The summed E-state index contributed by atoms with van der Waals surface area (Å²) in [7, 11) is 3.26. The van der Waals surface area contributed by atoms with Crippen molar-refractivity contribution in [1.82, 2.24) is 5.32 Å². The van der Waals surface area contributed by atoms with Crippen LogP contribution in [0.1, 0.15) is 5.56 Å². The summed E-state index contributed by atoms with van der Waals surface area (Å²) >= 11 is 0. The summed E-state index contributed by atoms with van der Waals surface area (Å²) in [6.07, 6.45) is 0.533. The molecule has 1 heterocycles. The van der Waals surface area contributed by atoms with Crippen molar-refractivity contribution in [3.63, 3.8) is 0 Å². The Kier molecular flexibility index (Phi) is 3.68. The van der Waals surface area contributed by atoms with Gasteiger partial charge < -0.3 is 19.5 Å². The number of fused-ring (bicyclic) bond motifs is 1. The lowest BCUT2D eigenvalue weighted by molar-refractivity contribution is 0.167. The van der Waals surface area contributed by atoms with Gasteiger partial charge in [-0.05, 0) is 20.0 Å². The first kappa shape index (κ1) is 12.0. The summed E-state index contributed by atoms with van der Waals surface area (Å²) in [5, 5.41) is 2.98. The molecule has 1 aromatic carbocycles. The van der Waals surface area contributed by atoms with Gasteiger partial charge in [-0.1, -0.05) is 0 Å². The summed E-state index contributed by atoms with van der Waals surface area (Å²) in [6.45, 7) is 1.60. The van der Waals surface area contributed by atoms with Crippen LogP contribution in [0.4, 0.5) is 4.39 Å². The maximum Gasteiger partial charge on any atom is 0.172 e. The first-order valence-electron chi connectivity index (χ1n) is 5.57. The minimum atomic E-state index is -0.369. The Labute approximate surface area is 99.7 Å². The third-order valence-electron chi connectivity index (χ3n) is 2.67. The zero-order valence-electron chi connectivity index (χ0n) is 10.0. The zero-order valence-corrected chi connectivity index (χ0v) is 10.0. The van der Waals surface area contributed by atoms with Crippen molar-refractivity contribution < 1.29 is 18.6 Å². The number of halogens is 1. The molecule has 0 aromatic heterocycles. The van der Waals surface area contributed by atoms with Gasteiger partial charge in [0.1, 0.15) is 13.2 Å². The van der Waals surface area contributed by atoms with Crippen LogP contribution in [-0.2, 0) is 6.42 Å². The van der Waals surface area contributed by atoms with Gasteiger partial charge in [-0.2, -0.15) is 0 Å². The van der Waals surface area contributed by atoms with Crippen LogP contribution < -0.4 is 19.5 Å². The smallest absolute Gasteiger partial charge is 0.172 e. The lowest BCUT2D eigenvalue weighted by Gasteiger charge is -2.22. The van der Waals surface area contributed by atoms with Crippen molar-refractivity contribution in [3.05, 3.63) is 17.4 Å². The molecule has 0 atom stereocenters. The topological polar surface area (TPSA) is 39.7 Å². The van der Waals surface area contributed by atoms with Gasteiger partial charge in [0.15, 0.2) is 23.1 Å². The van der Waals surface area contributed by atoms with Crippen LogP contribution in [0.2, 0.25) is 0 Å². The molecule has 17 heavy (non-hydrogen) atoms. The molecule has 0 saturated heterocycles. The molecule has 5 heteroatoms. The molecule has 0 spiro atoms. The number of benzene rings is 1. The number of hydrogen-bond donors (Lipinski definition) is 1. The minimum Gasteiger partial charge on any atom is -0.494 e. The van der Waals surface area contributed by atoms with Gasteiger partial charge in [0.25, 0.3) is 0 Å². The highest BCUT2D eigenvalue weighted by atomic mass is 19.1. The molecule has 0 radical (unpaired) electrons. The first-order chi connectivity index (χ1) is 8.27. The van der Waals surface area contributed by atoms with Crippen molar-refractivity contribution in [1.29, 1.82) is 0 Å². The van der Waals surface area contributed by atoms with E-state index in [0.717, 1.165) is 0 Å². The number of likely N-dealkylation sites (N-methyl/N-ethyl adjacent to an activating group) is 1. The van der Waals surface area contributed by atoms with Gasteiger partial charge in [-0.15, -0.1) is 0 Å². The highest BCUT2D eigenvalue weighted by Gasteiger charge is 2.23. The Morgan fingerprint density at radius 1 is 1.41 bits per heavy atom. The zero-order chi connectivity index (χ0) is 12.3. The Balaban J connectivity index is 2.44. The normalized spacial score (nSPS) is 13.6. The van der Waals surface area contributed by atoms with Crippen LogP contribution in [0.15, 0.2) is 6.07 Å². The quantitative estimate of drug-likeness (QED) is 0.864. The number of nitrogens with one attached hydrogen (secondary N) is 1. The van der Waals surface area contributed by atoms with Crippen molar-refractivity contribution in [2.75, 3.05) is 33.9 Å². The minimum absolute atomic E-state index is 0.195. The van der Waals surface area contributed by atoms with E-state index < -0.39 is 0 Å². The van der Waals surface area contributed by atoms with E-state index in [4.69, 9.17) is 14.2 Å². The lowest BCUT2D eigenvalue weighted by atomic mass is 10.1. The van der Waals surface area contributed by atoms with Gasteiger partial charge in [-0.3, -0.25) is 0 Å². The van der Waals surface area contributed by atoms with Crippen LogP contribution in [0.25, 0.3) is 0 Å². The Morgan fingerprint density at radius 2 is 2.18 bits per heavy atom. The van der Waals surface area contributed by atoms with Crippen LogP contribution in [0, 0.1) is 5.82 Å². The molecule has 4 nitrogen and oxygen atoms in total. The Bertz CT molecular complexity index is 409. The van der Waals surface area contributed by atoms with Gasteiger partial charge in [0.2, 0.25) is 0 Å². The van der Waals surface area contributed by atoms with Crippen molar-refractivity contribution in [3.8, 4) is 17.2 Å². The number of rotatable bonds is 4. The monoisotopic (exact) mass is 241 g/mol. The van der Waals surface area contributed by atoms with E-state index in [9.17, 15) is 4.39 Å². The molecule has 0 saturated carbocycles. The molecule has 0 unspecified atom stereocenters. The van der Waals surface area contributed by atoms with Gasteiger partial charge >= 0.3 is 0 Å². The molecule has 0 aliphatic carbocycles. The standard InChI is InChI=1S/C12H16FNO3/c1-14-4-3-8-11(13)9(15-2)7-10-12(8)17-6-5-16-10/h7,14H,3-6H2,1-2H3. The molecule has 1 aromatic rings. The summed E-state index contributed by atoms with van der Waals surface area (Å²) in [5.74, 6) is 0.887. The summed E-state index contributed by atoms with van der Waals surface area (Å²) in [4.78, 5) is 0. The fourth-order valence-corrected chi connectivity index (χ4v) is 1.83. The molecular formula is C12H16FNO3. The lowest BCUT2D eigenvalue weighted by Crippen LogP contribution is -2.19. The molecular weight excluding hydrogens is 225 g/mol. The second kappa shape index (κ2) is 5.23. The highest BCUT2D eigenvalue weighted by Crippen LogP contribution is 2.40. The summed E-state index contributed by atoms with van der Waals surface area (Å²) in [6, 6.07) is 1.53. The van der Waals surface area contributed by atoms with Crippen molar-refractivity contribution in [2.45, 2.75) is 6.42 Å². The molecule has 1 N–H and O–H groups in total. The van der Waals surface area contributed by atoms with Crippen molar-refractivity contribution >= 4 is 0 Å². The van der Waals surface area contributed by atoms with E-state index in [1.165, 1.54) is 13.2 Å². The molecule has 1 aliphatic rings. The van der Waals surface area contributed by atoms with Gasteiger partial charge in [-0.25, -0.2) is 4.39 Å². The van der Waals surface area contributed by atoms with Gasteiger partial charge in [0, 0.05) is 11.6 Å². The molecule has 0 amide bonds. The first-order valence-corrected chi connectivity index (χ1v) is 5.57. The summed E-state index contributed by atoms with van der Waals surface area (Å²) in [5.41, 5.74) is 0.508. The fourth-order valence-electron chi connectivity index (χ4n) is 1.83. The number of methoxy groups -OCH3 is 1. The molecule has 94 valence electrons. The molecule has 0 fully saturated rings. The maximum absolute atomic E-state index is 14.1. The van der Waals surface area contributed by atoms with Crippen LogP contribution in [-0.4, -0.2) is 33.9 Å². The predicted octanol–water partition coefficient (Wildman–Crippen LogP) is 1.37. The molecule has 0 bridgehead atoms. The maximum atomic E-state index is 14.1. The summed E-state index contributed by atoms with van der Waals surface area (Å²) < 4.78 is 30.0. The number of hydrogen-bond acceptors (Lipinski definition) is 4. The van der Waals surface area contributed by atoms with Crippen molar-refractivity contribution in [2.24, 2.45) is 0 Å². The average Bonchev–Trinajstić information content (AvgIpc) is 2.37. The van der Waals surface area contributed by atoms with E-state index in [0.29, 0.717) is 43.2 Å². The van der Waals surface area contributed by atoms with E-state index in [1.807, 2.05) is 7.05 Å². The van der Waals surface area contributed by atoms with Crippen LogP contribution in [0.5, 0.6) is 17.2 Å². The third kappa shape index (κ3) is 2.29. The Hall–Kier alpha value is -1.49. The predicted molar refractivity (Wildman–Crippen MR) is 61.6 cm³/mol. The molecule has 2 rings (SSSR count). The second-order valence-electron chi connectivity index (χ2n) is 3.75. The second-order valence-corrected chi connectivity index (χ2v) is 3.75. The molecule has 1 aliphatic heterocycles. The fraction of sp³-hybridized carbons (Fsp3) is 0.500. The van der Waals surface area contributed by atoms with E-state index in [1.54, 1.807) is 0 Å². The highest BCUT2D eigenvalue weighted by molar-refractivity contribution is 5.53. The van der Waals surface area contributed by atoms with E-state index >= 15 is 0 Å². The largest absolute Gasteiger partial charge is 0.494 e. The van der Waals surface area contributed by atoms with Crippen LogP contribution >= 0.6 is 0 Å².